The van der Waals surface area contributed by atoms with Crippen LogP contribution in [0.1, 0.15) is 0 Å². The highest BCUT2D eigenvalue weighted by atomic mass is 35.5. The molecule has 126 valence electrons. The van der Waals surface area contributed by atoms with Gasteiger partial charge in [-0.15, -0.1) is 0 Å². The van der Waals surface area contributed by atoms with E-state index in [4.69, 9.17) is 10.1 Å². The summed E-state index contributed by atoms with van der Waals surface area (Å²) < 4.78 is 3.93. The first-order valence-corrected chi connectivity index (χ1v) is 8.20. The van der Waals surface area contributed by atoms with Crippen molar-refractivity contribution in [3.8, 4) is 11.5 Å². The lowest BCUT2D eigenvalue weighted by molar-refractivity contribution is -0.598. The van der Waals surface area contributed by atoms with Gasteiger partial charge in [-0.3, -0.25) is 0 Å². The van der Waals surface area contributed by atoms with E-state index in [1.165, 1.54) is 0 Å². The van der Waals surface area contributed by atoms with Gasteiger partial charge in [-0.05, 0) is 41.4 Å². The monoisotopic (exact) mass is 358 g/mol. The highest BCUT2D eigenvalue weighted by Crippen LogP contribution is 2.26. The molecule has 0 radical (unpaired) electrons. The van der Waals surface area contributed by atoms with E-state index in [2.05, 4.69) is 24.4 Å². The minimum absolute atomic E-state index is 0. The van der Waals surface area contributed by atoms with E-state index in [0.717, 1.165) is 33.3 Å². The average molecular weight is 359 g/mol. The fraction of sp³-hybridized carbons (Fsp3) is 0. The summed E-state index contributed by atoms with van der Waals surface area (Å²) in [5.74, 6) is 0.837. The van der Waals surface area contributed by atoms with Gasteiger partial charge >= 0.3 is 5.82 Å². The molecule has 0 spiro atoms. The van der Waals surface area contributed by atoms with E-state index < -0.39 is 0 Å². The lowest BCUT2D eigenvalue weighted by atomic mass is 10.1. The number of benzene rings is 2. The fourth-order valence-corrected chi connectivity index (χ4v) is 3.13. The second kappa shape index (κ2) is 6.58. The Morgan fingerprint density at radius 1 is 0.731 bits per heavy atom. The van der Waals surface area contributed by atoms with Gasteiger partial charge in [0.2, 0.25) is 0 Å². The molecule has 5 aromatic rings. The smallest absolute Gasteiger partial charge is 0.356 e. The van der Waals surface area contributed by atoms with Gasteiger partial charge in [-0.25, -0.2) is 9.25 Å². The Labute approximate surface area is 156 Å². The molecule has 5 rings (SSSR count). The number of nitrogens with zero attached hydrogens (tertiary/aromatic N) is 4. The molecule has 4 nitrogen and oxygen atoms in total. The number of fused-ring (bicyclic) bond motifs is 3. The molecule has 0 aliphatic carbocycles. The van der Waals surface area contributed by atoms with Crippen molar-refractivity contribution >= 4 is 21.8 Å². The van der Waals surface area contributed by atoms with Crippen molar-refractivity contribution in [1.82, 2.24) is 14.8 Å². The number of pyridine rings is 2. The van der Waals surface area contributed by atoms with Crippen molar-refractivity contribution in [3.63, 3.8) is 0 Å². The van der Waals surface area contributed by atoms with Crippen LogP contribution in [0.25, 0.3) is 33.3 Å². The molecule has 3 heterocycles. The molecule has 0 saturated heterocycles. The van der Waals surface area contributed by atoms with Crippen molar-refractivity contribution < 1.29 is 17.0 Å². The molecule has 2 aromatic carbocycles. The van der Waals surface area contributed by atoms with Gasteiger partial charge in [0.15, 0.2) is 11.0 Å². The Morgan fingerprint density at radius 3 is 2.23 bits per heavy atom. The van der Waals surface area contributed by atoms with Crippen molar-refractivity contribution in [2.45, 2.75) is 0 Å². The summed E-state index contributed by atoms with van der Waals surface area (Å²) in [5.41, 5.74) is 2.89. The van der Waals surface area contributed by atoms with E-state index >= 15 is 0 Å². The molecule has 0 amide bonds. The molecule has 0 saturated carbocycles. The van der Waals surface area contributed by atoms with Crippen LogP contribution in [0.2, 0.25) is 0 Å². The van der Waals surface area contributed by atoms with Crippen LogP contribution in [0.5, 0.6) is 0 Å². The SMILES string of the molecule is [Cl-].c1ccc(-n2cc3c(n2)c(-[n+]2ccccc2)nc2ccccc23)cc1. The van der Waals surface area contributed by atoms with Crippen molar-refractivity contribution in [2.24, 2.45) is 0 Å². The summed E-state index contributed by atoms with van der Waals surface area (Å²) in [6.45, 7) is 0. The second-order valence-electron chi connectivity index (χ2n) is 5.91. The van der Waals surface area contributed by atoms with Gasteiger partial charge in [0.1, 0.15) is 0 Å². The predicted octanol–water partition coefficient (Wildman–Crippen LogP) is 0.854. The second-order valence-corrected chi connectivity index (χ2v) is 5.91. The zero-order chi connectivity index (χ0) is 16.6. The molecule has 0 aliphatic rings. The Kier molecular flexibility index (Phi) is 4.11. The number of hydrogen-bond acceptors (Lipinski definition) is 2. The number of aromatic nitrogens is 4. The molecule has 0 bridgehead atoms. The molecule has 0 N–H and O–H groups in total. The van der Waals surface area contributed by atoms with Crippen LogP contribution >= 0.6 is 0 Å². The molecule has 0 fully saturated rings. The van der Waals surface area contributed by atoms with Gasteiger partial charge in [-0.2, -0.15) is 5.10 Å². The lowest BCUT2D eigenvalue weighted by Gasteiger charge is -1.99. The summed E-state index contributed by atoms with van der Waals surface area (Å²) in [7, 11) is 0. The van der Waals surface area contributed by atoms with Gasteiger partial charge in [0.05, 0.1) is 18.1 Å². The third kappa shape index (κ3) is 2.61. The highest BCUT2D eigenvalue weighted by molar-refractivity contribution is 6.06. The minimum Gasteiger partial charge on any atom is -1.00 e. The van der Waals surface area contributed by atoms with Crippen LogP contribution < -0.4 is 17.0 Å². The highest BCUT2D eigenvalue weighted by Gasteiger charge is 2.21. The molecule has 0 atom stereocenters. The molecule has 0 unspecified atom stereocenters. The Hall–Kier alpha value is -3.24. The van der Waals surface area contributed by atoms with Gasteiger partial charge < -0.3 is 12.4 Å². The van der Waals surface area contributed by atoms with Crippen LogP contribution in [0.15, 0.2) is 91.4 Å². The minimum atomic E-state index is 0. The summed E-state index contributed by atoms with van der Waals surface area (Å²) in [4.78, 5) is 4.87. The summed E-state index contributed by atoms with van der Waals surface area (Å²) in [6, 6.07) is 24.3. The molecule has 0 aliphatic heterocycles. The van der Waals surface area contributed by atoms with E-state index in [0.29, 0.717) is 0 Å². The summed E-state index contributed by atoms with van der Waals surface area (Å²) in [6.07, 6.45) is 6.08. The predicted molar refractivity (Wildman–Crippen MR) is 97.9 cm³/mol. The maximum atomic E-state index is 4.87. The fourth-order valence-electron chi connectivity index (χ4n) is 3.13. The average Bonchev–Trinajstić information content (AvgIpc) is 3.14. The van der Waals surface area contributed by atoms with Crippen molar-refractivity contribution in [1.29, 1.82) is 0 Å². The van der Waals surface area contributed by atoms with Gasteiger partial charge in [-0.1, -0.05) is 36.4 Å². The van der Waals surface area contributed by atoms with Crippen molar-refractivity contribution in [2.75, 3.05) is 0 Å². The van der Waals surface area contributed by atoms with Crippen LogP contribution in [-0.2, 0) is 0 Å². The maximum Gasteiger partial charge on any atom is 0.356 e. The van der Waals surface area contributed by atoms with Gasteiger partial charge in [0.25, 0.3) is 0 Å². The third-order valence-electron chi connectivity index (χ3n) is 4.33. The van der Waals surface area contributed by atoms with Crippen molar-refractivity contribution in [3.05, 3.63) is 91.4 Å². The molecular formula is C21H15ClN4. The topological polar surface area (TPSA) is 34.6 Å². The summed E-state index contributed by atoms with van der Waals surface area (Å²) >= 11 is 0. The lowest BCUT2D eigenvalue weighted by Crippen LogP contribution is -3.00. The number of hydrogen-bond donors (Lipinski definition) is 0. The molecule has 5 heteroatoms. The Morgan fingerprint density at radius 2 is 1.42 bits per heavy atom. The Balaban J connectivity index is 0.00000168. The normalized spacial score (nSPS) is 10.8. The van der Waals surface area contributed by atoms with Gasteiger partial charge in [0, 0.05) is 17.0 Å². The molecule has 26 heavy (non-hydrogen) atoms. The Bertz CT molecular complexity index is 1180. The first-order chi connectivity index (χ1) is 12.4. The first kappa shape index (κ1) is 16.2. The first-order valence-electron chi connectivity index (χ1n) is 8.20. The zero-order valence-corrected chi connectivity index (χ0v) is 14.6. The number of rotatable bonds is 2. The van der Waals surface area contributed by atoms with E-state index in [1.54, 1.807) is 0 Å². The van der Waals surface area contributed by atoms with Crippen LogP contribution in [0, 0.1) is 0 Å². The summed E-state index contributed by atoms with van der Waals surface area (Å²) in [5, 5.41) is 7.05. The number of para-hydroxylation sites is 2. The van der Waals surface area contributed by atoms with E-state index in [9.17, 15) is 0 Å². The van der Waals surface area contributed by atoms with Crippen LogP contribution in [0.3, 0.4) is 0 Å². The van der Waals surface area contributed by atoms with Crippen LogP contribution in [-0.4, -0.2) is 14.8 Å². The third-order valence-corrected chi connectivity index (χ3v) is 4.33. The quantitative estimate of drug-likeness (QED) is 0.439. The maximum absolute atomic E-state index is 4.87. The largest absolute Gasteiger partial charge is 1.00 e. The molecule has 3 aromatic heterocycles. The molecular weight excluding hydrogens is 344 g/mol. The van der Waals surface area contributed by atoms with E-state index in [-0.39, 0.29) is 12.4 Å². The standard InChI is InChI=1S/C21H15N4.ClH/c1-3-9-16(10-4-1)25-15-18-17-11-5-6-12-19(17)22-21(20(18)23-25)24-13-7-2-8-14-24;/h1-15H;1H/q+1;/p-1. The number of halogens is 1. The van der Waals surface area contributed by atoms with E-state index in [1.807, 2.05) is 76.2 Å². The van der Waals surface area contributed by atoms with Crippen LogP contribution in [0.4, 0.5) is 0 Å². The zero-order valence-electron chi connectivity index (χ0n) is 13.8.